The van der Waals surface area contributed by atoms with Crippen molar-refractivity contribution in [3.05, 3.63) is 118 Å². The zero-order valence-electron chi connectivity index (χ0n) is 19.8. The summed E-state index contributed by atoms with van der Waals surface area (Å²) in [5.41, 5.74) is 3.76. The molecule has 1 aromatic heterocycles. The summed E-state index contributed by atoms with van der Waals surface area (Å²) in [6.07, 6.45) is 0.950. The molecular formula is C28H25Cl2N3O4. The summed E-state index contributed by atoms with van der Waals surface area (Å²) < 4.78 is 14.5. The fourth-order valence-corrected chi connectivity index (χ4v) is 4.59. The third-order valence-corrected chi connectivity index (χ3v) is 6.97. The summed E-state index contributed by atoms with van der Waals surface area (Å²) in [6, 6.07) is 24.1. The number of nitrogens with one attached hydrogen (secondary N) is 1. The first kappa shape index (κ1) is 25.4. The highest BCUT2D eigenvalue weighted by Crippen LogP contribution is 2.39. The van der Waals surface area contributed by atoms with Crippen molar-refractivity contribution in [3.63, 3.8) is 0 Å². The summed E-state index contributed by atoms with van der Waals surface area (Å²) in [5, 5.41) is 12.9. The van der Waals surface area contributed by atoms with Crippen molar-refractivity contribution in [3.8, 4) is 0 Å². The molecule has 2 N–H and O–H groups in total. The van der Waals surface area contributed by atoms with Gasteiger partial charge >= 0.3 is 0 Å². The Bertz CT molecular complexity index is 1360. The van der Waals surface area contributed by atoms with Crippen LogP contribution in [0.4, 0.5) is 5.69 Å². The highest BCUT2D eigenvalue weighted by molar-refractivity contribution is 6.40. The Balaban J connectivity index is 1.39. The van der Waals surface area contributed by atoms with Gasteiger partial charge in [-0.1, -0.05) is 77.8 Å². The van der Waals surface area contributed by atoms with Gasteiger partial charge in [-0.15, -0.1) is 0 Å². The minimum Gasteiger partial charge on any atom is -0.392 e. The van der Waals surface area contributed by atoms with Gasteiger partial charge in [0.2, 0.25) is 0 Å². The largest absolute Gasteiger partial charge is 0.392 e. The zero-order valence-corrected chi connectivity index (χ0v) is 21.3. The van der Waals surface area contributed by atoms with Gasteiger partial charge < -0.3 is 24.5 Å². The molecule has 2 heterocycles. The second-order valence-electron chi connectivity index (χ2n) is 8.77. The fraction of sp³-hybridized carbons (Fsp3) is 0.214. The van der Waals surface area contributed by atoms with Crippen LogP contribution in [-0.4, -0.2) is 26.7 Å². The van der Waals surface area contributed by atoms with Crippen LogP contribution in [0.5, 0.6) is 0 Å². The number of aliphatic hydroxyl groups excluding tert-OH is 1. The lowest BCUT2D eigenvalue weighted by molar-refractivity contribution is -0.252. The van der Waals surface area contributed by atoms with Crippen molar-refractivity contribution in [2.24, 2.45) is 0 Å². The van der Waals surface area contributed by atoms with Gasteiger partial charge in [0, 0.05) is 23.2 Å². The van der Waals surface area contributed by atoms with Crippen molar-refractivity contribution in [2.75, 3.05) is 5.32 Å². The SMILES string of the molecule is O=C(Nc1cccc([C@H]2O[C@@H](Cn3cnc(Cl)c3Cl)C[C@@H](c3ccc(CO)cc3)O2)c1)c1ccccc1. The van der Waals surface area contributed by atoms with Gasteiger partial charge in [0.05, 0.1) is 31.7 Å². The smallest absolute Gasteiger partial charge is 0.255 e. The van der Waals surface area contributed by atoms with Gasteiger partial charge in [0.25, 0.3) is 5.91 Å². The average molecular weight is 538 g/mol. The normalized spacial score (nSPS) is 19.5. The van der Waals surface area contributed by atoms with E-state index in [1.54, 1.807) is 23.0 Å². The molecule has 1 fully saturated rings. The Morgan fingerprint density at radius 3 is 2.49 bits per heavy atom. The van der Waals surface area contributed by atoms with E-state index in [4.69, 9.17) is 32.7 Å². The third kappa shape index (κ3) is 6.04. The first-order valence-electron chi connectivity index (χ1n) is 11.8. The molecule has 0 radical (unpaired) electrons. The van der Waals surface area contributed by atoms with Crippen molar-refractivity contribution in [1.82, 2.24) is 9.55 Å². The quantitative estimate of drug-likeness (QED) is 0.294. The number of aliphatic hydroxyl groups is 1. The standard InChI is InChI=1S/C28H25Cl2N3O4/c29-25-26(30)33(17-31-25)15-23-14-24(19-11-9-18(16-34)10-12-19)37-28(36-23)21-7-4-8-22(13-21)32-27(35)20-5-2-1-3-6-20/h1-13,17,23-24,28,34H,14-16H2,(H,32,35)/t23-,24+,28+/m1/s1. The molecule has 1 aliphatic rings. The van der Waals surface area contributed by atoms with E-state index in [-0.39, 0.29) is 29.9 Å². The lowest BCUT2D eigenvalue weighted by atomic mass is 10.00. The Morgan fingerprint density at radius 1 is 1.00 bits per heavy atom. The van der Waals surface area contributed by atoms with Crippen molar-refractivity contribution < 1.29 is 19.4 Å². The van der Waals surface area contributed by atoms with Crippen LogP contribution in [0.3, 0.4) is 0 Å². The van der Waals surface area contributed by atoms with Crippen molar-refractivity contribution in [1.29, 1.82) is 0 Å². The zero-order chi connectivity index (χ0) is 25.8. The molecule has 1 aliphatic heterocycles. The number of aromatic nitrogens is 2. The second kappa shape index (κ2) is 11.5. The first-order valence-corrected chi connectivity index (χ1v) is 12.6. The predicted molar refractivity (Wildman–Crippen MR) is 142 cm³/mol. The Kier molecular flexibility index (Phi) is 7.88. The number of imidazole rings is 1. The van der Waals surface area contributed by atoms with Gasteiger partial charge in [-0.25, -0.2) is 4.98 Å². The van der Waals surface area contributed by atoms with Crippen LogP contribution in [0.2, 0.25) is 10.3 Å². The number of ether oxygens (including phenoxy) is 2. The lowest BCUT2D eigenvalue weighted by Gasteiger charge is -2.36. The maximum atomic E-state index is 12.7. The topological polar surface area (TPSA) is 85.6 Å². The van der Waals surface area contributed by atoms with Gasteiger partial charge in [-0.2, -0.15) is 0 Å². The van der Waals surface area contributed by atoms with E-state index in [0.29, 0.717) is 29.4 Å². The molecule has 0 bridgehead atoms. The number of benzene rings is 3. The molecule has 37 heavy (non-hydrogen) atoms. The van der Waals surface area contributed by atoms with Crippen LogP contribution in [-0.2, 0) is 22.6 Å². The lowest BCUT2D eigenvalue weighted by Crippen LogP contribution is -2.32. The van der Waals surface area contributed by atoms with Crippen LogP contribution in [0.15, 0.2) is 85.2 Å². The molecule has 1 saturated heterocycles. The van der Waals surface area contributed by atoms with Crippen LogP contribution in [0.25, 0.3) is 0 Å². The van der Waals surface area contributed by atoms with Crippen LogP contribution in [0.1, 0.15) is 45.9 Å². The van der Waals surface area contributed by atoms with E-state index < -0.39 is 6.29 Å². The molecule has 1 amide bonds. The average Bonchev–Trinajstić information content (AvgIpc) is 3.25. The van der Waals surface area contributed by atoms with Crippen molar-refractivity contribution in [2.45, 2.75) is 38.1 Å². The Morgan fingerprint density at radius 2 is 1.78 bits per heavy atom. The number of anilines is 1. The number of rotatable bonds is 7. The van der Waals surface area contributed by atoms with Crippen molar-refractivity contribution >= 4 is 34.8 Å². The number of carbonyl (C=O) groups excluding carboxylic acids is 1. The molecule has 7 nitrogen and oxygen atoms in total. The molecule has 5 rings (SSSR count). The van der Waals surface area contributed by atoms with E-state index >= 15 is 0 Å². The molecule has 0 saturated carbocycles. The molecule has 4 aromatic rings. The highest BCUT2D eigenvalue weighted by atomic mass is 35.5. The number of nitrogens with zero attached hydrogens (tertiary/aromatic N) is 2. The molecule has 9 heteroatoms. The minimum atomic E-state index is -0.687. The molecule has 0 spiro atoms. The van der Waals surface area contributed by atoms with E-state index in [2.05, 4.69) is 10.3 Å². The Labute approximate surface area is 224 Å². The van der Waals surface area contributed by atoms with E-state index in [9.17, 15) is 9.90 Å². The van der Waals surface area contributed by atoms with Gasteiger partial charge in [0.15, 0.2) is 11.4 Å². The van der Waals surface area contributed by atoms with Crippen LogP contribution in [0, 0.1) is 0 Å². The maximum Gasteiger partial charge on any atom is 0.255 e. The van der Waals surface area contributed by atoms with E-state index in [1.807, 2.05) is 66.7 Å². The van der Waals surface area contributed by atoms with Gasteiger partial charge in [0.1, 0.15) is 5.15 Å². The minimum absolute atomic E-state index is 0.0262. The second-order valence-corrected chi connectivity index (χ2v) is 9.49. The first-order chi connectivity index (χ1) is 18.0. The summed E-state index contributed by atoms with van der Waals surface area (Å²) in [4.78, 5) is 16.7. The summed E-state index contributed by atoms with van der Waals surface area (Å²) in [6.45, 7) is 0.412. The van der Waals surface area contributed by atoms with E-state index in [1.165, 1.54) is 0 Å². The van der Waals surface area contributed by atoms with E-state index in [0.717, 1.165) is 16.7 Å². The van der Waals surface area contributed by atoms with Crippen LogP contribution >= 0.6 is 23.2 Å². The highest BCUT2D eigenvalue weighted by Gasteiger charge is 2.33. The monoisotopic (exact) mass is 537 g/mol. The molecule has 3 atom stereocenters. The number of carbonyl (C=O) groups is 1. The number of hydrogen-bond acceptors (Lipinski definition) is 5. The molecule has 3 aromatic carbocycles. The summed E-state index contributed by atoms with van der Waals surface area (Å²) >= 11 is 12.3. The molecule has 0 aliphatic carbocycles. The maximum absolute atomic E-state index is 12.7. The Hall–Kier alpha value is -3.20. The predicted octanol–water partition coefficient (Wildman–Crippen LogP) is 6.18. The van der Waals surface area contributed by atoms with Gasteiger partial charge in [-0.3, -0.25) is 4.79 Å². The summed E-state index contributed by atoms with van der Waals surface area (Å²) in [5.74, 6) is -0.199. The van der Waals surface area contributed by atoms with Gasteiger partial charge in [-0.05, 0) is 35.4 Å². The number of hydrogen-bond donors (Lipinski definition) is 2. The number of halogens is 2. The molecule has 0 unspecified atom stereocenters. The van der Waals surface area contributed by atoms with Crippen LogP contribution < -0.4 is 5.32 Å². The number of amides is 1. The molecular weight excluding hydrogens is 513 g/mol. The summed E-state index contributed by atoms with van der Waals surface area (Å²) in [7, 11) is 0. The fourth-order valence-electron chi connectivity index (χ4n) is 4.28. The third-order valence-electron chi connectivity index (χ3n) is 6.20. The molecule has 190 valence electrons.